The van der Waals surface area contributed by atoms with Gasteiger partial charge in [0.05, 0.1) is 12.3 Å². The van der Waals surface area contributed by atoms with E-state index < -0.39 is 0 Å². The lowest BCUT2D eigenvalue weighted by atomic mass is 10.0. The molecule has 1 saturated heterocycles. The normalized spacial score (nSPS) is 14.7. The molecule has 1 aromatic heterocycles. The molecule has 2 amide bonds. The summed E-state index contributed by atoms with van der Waals surface area (Å²) >= 11 is 0. The predicted octanol–water partition coefficient (Wildman–Crippen LogP) is 4.11. The van der Waals surface area contributed by atoms with Crippen molar-refractivity contribution in [1.82, 2.24) is 5.32 Å². The van der Waals surface area contributed by atoms with Gasteiger partial charge >= 0.3 is 0 Å². The van der Waals surface area contributed by atoms with Crippen molar-refractivity contribution in [2.45, 2.75) is 25.3 Å². The molecule has 0 spiro atoms. The predicted molar refractivity (Wildman–Crippen MR) is 116 cm³/mol. The number of hydrogen-bond donors (Lipinski definition) is 2. The lowest BCUT2D eigenvalue weighted by Gasteiger charge is -2.17. The van der Waals surface area contributed by atoms with Crippen LogP contribution in [-0.2, 0) is 9.59 Å². The highest BCUT2D eigenvalue weighted by Crippen LogP contribution is 2.24. The first-order valence-electron chi connectivity index (χ1n) is 10.2. The van der Waals surface area contributed by atoms with Crippen LogP contribution in [0, 0.1) is 0 Å². The average Bonchev–Trinajstić information content (AvgIpc) is 3.44. The molecule has 0 saturated carbocycles. The van der Waals surface area contributed by atoms with E-state index in [1.54, 1.807) is 11.2 Å². The van der Waals surface area contributed by atoms with Crippen LogP contribution in [0.25, 0.3) is 0 Å². The van der Waals surface area contributed by atoms with E-state index in [1.807, 2.05) is 66.7 Å². The third-order valence-electron chi connectivity index (χ3n) is 5.20. The Labute approximate surface area is 175 Å². The monoisotopic (exact) mass is 403 g/mol. The summed E-state index contributed by atoms with van der Waals surface area (Å²) in [5.41, 5.74) is 2.68. The largest absolute Gasteiger partial charge is 0.467 e. The summed E-state index contributed by atoms with van der Waals surface area (Å²) in [6.07, 6.45) is 3.48. The Morgan fingerprint density at radius 1 is 1.03 bits per heavy atom. The van der Waals surface area contributed by atoms with Crippen molar-refractivity contribution in [3.05, 3.63) is 84.3 Å². The van der Waals surface area contributed by atoms with Crippen molar-refractivity contribution in [2.75, 3.05) is 23.3 Å². The summed E-state index contributed by atoms with van der Waals surface area (Å²) in [6, 6.07) is 21.1. The zero-order valence-electron chi connectivity index (χ0n) is 16.7. The minimum absolute atomic E-state index is 0.0706. The second kappa shape index (κ2) is 9.41. The Kier molecular flexibility index (Phi) is 6.25. The molecule has 2 aromatic carbocycles. The van der Waals surface area contributed by atoms with Gasteiger partial charge in [0.25, 0.3) is 0 Å². The van der Waals surface area contributed by atoms with E-state index in [1.165, 1.54) is 0 Å². The van der Waals surface area contributed by atoms with Crippen molar-refractivity contribution in [3.8, 4) is 0 Å². The number of furan rings is 1. The molecule has 0 unspecified atom stereocenters. The first kappa shape index (κ1) is 19.9. The van der Waals surface area contributed by atoms with E-state index in [4.69, 9.17) is 4.42 Å². The minimum atomic E-state index is -0.105. The average molecular weight is 403 g/mol. The topological polar surface area (TPSA) is 74.6 Å². The summed E-state index contributed by atoms with van der Waals surface area (Å²) in [5, 5.41) is 6.32. The van der Waals surface area contributed by atoms with Crippen LogP contribution in [0.3, 0.4) is 0 Å². The SMILES string of the molecule is O=C(CCN[C@H](c1ccccc1)c1ccco1)Nc1ccc(N2CCCC2=O)cc1. The smallest absolute Gasteiger partial charge is 0.227 e. The fraction of sp³-hybridized carbons (Fsp3) is 0.250. The molecule has 1 aliphatic heterocycles. The highest BCUT2D eigenvalue weighted by molar-refractivity contribution is 5.96. The zero-order valence-corrected chi connectivity index (χ0v) is 16.7. The number of hydrogen-bond acceptors (Lipinski definition) is 4. The number of carbonyl (C=O) groups excluding carboxylic acids is 2. The van der Waals surface area contributed by atoms with Crippen LogP contribution in [0.4, 0.5) is 11.4 Å². The molecule has 1 aliphatic rings. The van der Waals surface area contributed by atoms with E-state index in [2.05, 4.69) is 10.6 Å². The second-order valence-electron chi connectivity index (χ2n) is 7.31. The highest BCUT2D eigenvalue weighted by atomic mass is 16.3. The van der Waals surface area contributed by atoms with E-state index in [9.17, 15) is 9.59 Å². The number of nitrogens with one attached hydrogen (secondary N) is 2. The van der Waals surface area contributed by atoms with Crippen LogP contribution in [-0.4, -0.2) is 24.9 Å². The van der Waals surface area contributed by atoms with Gasteiger partial charge in [0, 0.05) is 37.3 Å². The molecule has 30 heavy (non-hydrogen) atoms. The molecule has 0 aliphatic carbocycles. The molecule has 154 valence electrons. The number of rotatable bonds is 8. The van der Waals surface area contributed by atoms with Crippen molar-refractivity contribution in [3.63, 3.8) is 0 Å². The molecular weight excluding hydrogens is 378 g/mol. The van der Waals surface area contributed by atoms with Gasteiger partial charge in [-0.25, -0.2) is 0 Å². The molecule has 6 heteroatoms. The van der Waals surface area contributed by atoms with E-state index >= 15 is 0 Å². The number of carbonyl (C=O) groups is 2. The highest BCUT2D eigenvalue weighted by Gasteiger charge is 2.21. The molecular formula is C24H25N3O3. The van der Waals surface area contributed by atoms with Crippen molar-refractivity contribution in [2.24, 2.45) is 0 Å². The molecule has 4 rings (SSSR count). The maximum Gasteiger partial charge on any atom is 0.227 e. The Hall–Kier alpha value is -3.38. The zero-order chi connectivity index (χ0) is 20.8. The lowest BCUT2D eigenvalue weighted by molar-refractivity contribution is -0.117. The molecule has 2 heterocycles. The van der Waals surface area contributed by atoms with E-state index in [0.717, 1.165) is 35.7 Å². The number of benzene rings is 2. The molecule has 6 nitrogen and oxygen atoms in total. The summed E-state index contributed by atoms with van der Waals surface area (Å²) in [4.78, 5) is 26.0. The second-order valence-corrected chi connectivity index (χ2v) is 7.31. The van der Waals surface area contributed by atoms with Crippen LogP contribution in [0.2, 0.25) is 0 Å². The number of anilines is 2. The van der Waals surface area contributed by atoms with Gasteiger partial charge in [-0.15, -0.1) is 0 Å². The van der Waals surface area contributed by atoms with E-state index in [0.29, 0.717) is 19.4 Å². The first-order valence-corrected chi connectivity index (χ1v) is 10.2. The molecule has 0 radical (unpaired) electrons. The third kappa shape index (κ3) is 4.78. The summed E-state index contributed by atoms with van der Waals surface area (Å²) in [7, 11) is 0. The van der Waals surface area contributed by atoms with Crippen LogP contribution in [0.5, 0.6) is 0 Å². The van der Waals surface area contributed by atoms with Gasteiger partial charge in [-0.05, 0) is 48.4 Å². The molecule has 3 aromatic rings. The van der Waals surface area contributed by atoms with E-state index in [-0.39, 0.29) is 17.9 Å². The Bertz CT molecular complexity index is 969. The van der Waals surface area contributed by atoms with Crippen molar-refractivity contribution < 1.29 is 14.0 Å². The fourth-order valence-corrected chi connectivity index (χ4v) is 3.68. The first-order chi connectivity index (χ1) is 14.7. The standard InChI is InChI=1S/C24H25N3O3/c28-22(26-19-10-12-20(13-11-19)27-16-4-9-23(27)29)14-15-25-24(21-8-5-17-30-21)18-6-2-1-3-7-18/h1-3,5-8,10-13,17,24-25H,4,9,14-16H2,(H,26,28)/t24-/m1/s1. The number of nitrogens with zero attached hydrogens (tertiary/aromatic N) is 1. The van der Waals surface area contributed by atoms with Crippen molar-refractivity contribution in [1.29, 1.82) is 0 Å². The Morgan fingerprint density at radius 3 is 2.50 bits per heavy atom. The van der Waals surface area contributed by atoms with Gasteiger partial charge in [0.2, 0.25) is 11.8 Å². The molecule has 0 bridgehead atoms. The van der Waals surface area contributed by atoms with Gasteiger partial charge in [-0.1, -0.05) is 30.3 Å². The Morgan fingerprint density at radius 2 is 1.83 bits per heavy atom. The van der Waals surface area contributed by atoms with Gasteiger partial charge in [-0.2, -0.15) is 0 Å². The summed E-state index contributed by atoms with van der Waals surface area (Å²) in [6.45, 7) is 1.26. The molecule has 1 atom stereocenters. The van der Waals surface area contributed by atoms with Gasteiger partial charge in [-0.3, -0.25) is 9.59 Å². The van der Waals surface area contributed by atoms with Gasteiger partial charge in [0.15, 0.2) is 0 Å². The quantitative estimate of drug-likeness (QED) is 0.593. The van der Waals surface area contributed by atoms with Crippen LogP contribution in [0.15, 0.2) is 77.4 Å². The van der Waals surface area contributed by atoms with Crippen molar-refractivity contribution >= 4 is 23.2 Å². The van der Waals surface area contributed by atoms with Crippen LogP contribution in [0.1, 0.15) is 36.6 Å². The maximum atomic E-state index is 12.4. The molecule has 1 fully saturated rings. The third-order valence-corrected chi connectivity index (χ3v) is 5.20. The van der Waals surface area contributed by atoms with Crippen LogP contribution < -0.4 is 15.5 Å². The lowest BCUT2D eigenvalue weighted by Crippen LogP contribution is -2.26. The van der Waals surface area contributed by atoms with Crippen LogP contribution >= 0.6 is 0 Å². The fourth-order valence-electron chi connectivity index (χ4n) is 3.68. The number of amides is 2. The Balaban J connectivity index is 1.30. The maximum absolute atomic E-state index is 12.4. The molecule has 2 N–H and O–H groups in total. The van der Waals surface area contributed by atoms with Gasteiger partial charge in [0.1, 0.15) is 5.76 Å². The summed E-state index contributed by atoms with van der Waals surface area (Å²) in [5.74, 6) is 0.898. The van der Waals surface area contributed by atoms with Gasteiger partial charge < -0.3 is 20.0 Å². The summed E-state index contributed by atoms with van der Waals surface area (Å²) < 4.78 is 5.57. The minimum Gasteiger partial charge on any atom is -0.467 e.